The molecule has 2 aromatic carbocycles. The number of esters is 1. The van der Waals surface area contributed by atoms with E-state index in [1.165, 1.54) is 26.2 Å². The van der Waals surface area contributed by atoms with Gasteiger partial charge in [-0.05, 0) is 49.4 Å². The van der Waals surface area contributed by atoms with Crippen LogP contribution in [-0.4, -0.2) is 25.1 Å². The number of benzene rings is 2. The second-order valence-corrected chi connectivity index (χ2v) is 5.86. The molecular weight excluding hydrogens is 387 g/mol. The van der Waals surface area contributed by atoms with Gasteiger partial charge in [0.15, 0.2) is 6.10 Å². The molecule has 144 valence electrons. The van der Waals surface area contributed by atoms with Gasteiger partial charge in [0.05, 0.1) is 28.9 Å². The summed E-state index contributed by atoms with van der Waals surface area (Å²) >= 11 is 5.82. The van der Waals surface area contributed by atoms with Gasteiger partial charge in [0.1, 0.15) is 5.75 Å². The summed E-state index contributed by atoms with van der Waals surface area (Å²) in [6.45, 7) is 1.29. The van der Waals surface area contributed by atoms with Crippen molar-refractivity contribution in [3.63, 3.8) is 0 Å². The number of rotatable bonds is 5. The van der Waals surface area contributed by atoms with E-state index in [2.05, 4.69) is 5.32 Å². The normalized spacial score (nSPS) is 12.2. The fraction of sp³-hybridized carbons (Fsp3) is 0.222. The Kier molecular flexibility index (Phi) is 6.32. The van der Waals surface area contributed by atoms with Crippen molar-refractivity contribution in [3.05, 3.63) is 58.6 Å². The molecule has 0 aliphatic heterocycles. The van der Waals surface area contributed by atoms with Gasteiger partial charge in [-0.3, -0.25) is 4.79 Å². The summed E-state index contributed by atoms with van der Waals surface area (Å²) < 4.78 is 48.3. The Balaban J connectivity index is 2.06. The van der Waals surface area contributed by atoms with E-state index in [-0.39, 0.29) is 16.3 Å². The Morgan fingerprint density at radius 2 is 1.74 bits per heavy atom. The van der Waals surface area contributed by atoms with Crippen LogP contribution in [-0.2, 0) is 15.7 Å². The van der Waals surface area contributed by atoms with E-state index in [4.69, 9.17) is 21.1 Å². The smallest absolute Gasteiger partial charge is 0.416 e. The molecule has 0 aromatic heterocycles. The molecule has 1 N–H and O–H groups in total. The zero-order valence-corrected chi connectivity index (χ0v) is 15.0. The van der Waals surface area contributed by atoms with Gasteiger partial charge in [0.25, 0.3) is 5.91 Å². The number of halogens is 4. The zero-order chi connectivity index (χ0) is 20.2. The number of hydrogen-bond donors (Lipinski definition) is 1. The second kappa shape index (κ2) is 8.30. The summed E-state index contributed by atoms with van der Waals surface area (Å²) in [6, 6.07) is 8.52. The van der Waals surface area contributed by atoms with Crippen molar-refractivity contribution in [1.29, 1.82) is 0 Å². The minimum Gasteiger partial charge on any atom is -0.497 e. The highest BCUT2D eigenvalue weighted by atomic mass is 35.5. The van der Waals surface area contributed by atoms with E-state index >= 15 is 0 Å². The highest BCUT2D eigenvalue weighted by Crippen LogP contribution is 2.33. The Morgan fingerprint density at radius 3 is 2.30 bits per heavy atom. The van der Waals surface area contributed by atoms with Gasteiger partial charge < -0.3 is 14.8 Å². The first-order chi connectivity index (χ1) is 12.6. The first kappa shape index (κ1) is 20.6. The van der Waals surface area contributed by atoms with Gasteiger partial charge >= 0.3 is 12.1 Å². The lowest BCUT2D eigenvalue weighted by atomic mass is 10.2. The van der Waals surface area contributed by atoms with Gasteiger partial charge in [-0.1, -0.05) is 11.6 Å². The Labute approximate surface area is 158 Å². The highest BCUT2D eigenvalue weighted by molar-refractivity contribution is 6.33. The summed E-state index contributed by atoms with van der Waals surface area (Å²) in [6.07, 6.45) is -5.85. The number of methoxy groups -OCH3 is 1. The summed E-state index contributed by atoms with van der Waals surface area (Å²) in [4.78, 5) is 24.2. The predicted molar refractivity (Wildman–Crippen MR) is 93.0 cm³/mol. The lowest BCUT2D eigenvalue weighted by Crippen LogP contribution is -2.30. The van der Waals surface area contributed by atoms with Crippen molar-refractivity contribution >= 4 is 29.2 Å². The van der Waals surface area contributed by atoms with Crippen LogP contribution in [0.1, 0.15) is 22.8 Å². The fourth-order valence-electron chi connectivity index (χ4n) is 2.04. The van der Waals surface area contributed by atoms with Crippen molar-refractivity contribution in [1.82, 2.24) is 0 Å². The van der Waals surface area contributed by atoms with Crippen LogP contribution >= 0.6 is 11.6 Å². The molecule has 27 heavy (non-hydrogen) atoms. The first-order valence-electron chi connectivity index (χ1n) is 7.64. The number of ether oxygens (including phenoxy) is 2. The van der Waals surface area contributed by atoms with Crippen molar-refractivity contribution in [2.45, 2.75) is 19.2 Å². The van der Waals surface area contributed by atoms with E-state index in [1.807, 2.05) is 0 Å². The first-order valence-corrected chi connectivity index (χ1v) is 8.02. The van der Waals surface area contributed by atoms with Crippen LogP contribution < -0.4 is 10.1 Å². The van der Waals surface area contributed by atoms with E-state index in [1.54, 1.807) is 12.1 Å². The molecule has 0 radical (unpaired) electrons. The fourth-order valence-corrected chi connectivity index (χ4v) is 2.21. The average molecular weight is 402 g/mol. The third kappa shape index (κ3) is 5.37. The maximum atomic E-state index is 12.8. The number of hydrogen-bond acceptors (Lipinski definition) is 4. The molecule has 0 aliphatic rings. The minimum absolute atomic E-state index is 0.0787. The molecule has 0 saturated carbocycles. The van der Waals surface area contributed by atoms with E-state index < -0.39 is 29.7 Å². The van der Waals surface area contributed by atoms with Crippen LogP contribution in [0.2, 0.25) is 5.02 Å². The molecule has 5 nitrogen and oxygen atoms in total. The molecule has 1 atom stereocenters. The quantitative estimate of drug-likeness (QED) is 0.746. The van der Waals surface area contributed by atoms with Crippen molar-refractivity contribution in [3.8, 4) is 5.75 Å². The van der Waals surface area contributed by atoms with Crippen molar-refractivity contribution in [2.75, 3.05) is 12.4 Å². The van der Waals surface area contributed by atoms with E-state index in [0.29, 0.717) is 11.8 Å². The molecule has 0 unspecified atom stereocenters. The van der Waals surface area contributed by atoms with Crippen LogP contribution in [0.3, 0.4) is 0 Å². The minimum atomic E-state index is -4.59. The molecule has 0 saturated heterocycles. The Bertz CT molecular complexity index is 837. The van der Waals surface area contributed by atoms with E-state index in [9.17, 15) is 22.8 Å². The topological polar surface area (TPSA) is 64.6 Å². The van der Waals surface area contributed by atoms with Crippen molar-refractivity contribution < 1.29 is 32.2 Å². The summed E-state index contributed by atoms with van der Waals surface area (Å²) in [5.74, 6) is -1.05. The summed E-state index contributed by atoms with van der Waals surface area (Å²) in [5.41, 5.74) is -1.01. The van der Waals surface area contributed by atoms with Crippen molar-refractivity contribution in [2.24, 2.45) is 0 Å². The largest absolute Gasteiger partial charge is 0.497 e. The molecule has 0 fully saturated rings. The van der Waals surface area contributed by atoms with Gasteiger partial charge in [-0.2, -0.15) is 13.2 Å². The number of carbonyl (C=O) groups is 2. The predicted octanol–water partition coefficient (Wildman–Crippen LogP) is 4.55. The standard InChI is InChI=1S/C18H15ClF3NO4/c1-10(27-17(25)11-3-6-13(26-2)7-4-11)16(24)23-15-9-12(18(20,21)22)5-8-14(15)19/h3-10H,1-2H3,(H,23,24)/t10-/m1/s1. The van der Waals surface area contributed by atoms with Crippen LogP contribution in [0.15, 0.2) is 42.5 Å². The molecule has 0 aliphatic carbocycles. The van der Waals surface area contributed by atoms with Crippen LogP contribution in [0.5, 0.6) is 5.75 Å². The third-order valence-electron chi connectivity index (χ3n) is 3.53. The Hall–Kier alpha value is -2.74. The summed E-state index contributed by atoms with van der Waals surface area (Å²) in [7, 11) is 1.47. The highest BCUT2D eigenvalue weighted by Gasteiger charge is 2.31. The molecule has 1 amide bonds. The van der Waals surface area contributed by atoms with Crippen LogP contribution in [0.25, 0.3) is 0 Å². The SMILES string of the molecule is COc1ccc(C(=O)O[C@H](C)C(=O)Nc2cc(C(F)(F)F)ccc2Cl)cc1. The van der Waals surface area contributed by atoms with Gasteiger partial charge in [0.2, 0.25) is 0 Å². The zero-order valence-electron chi connectivity index (χ0n) is 14.3. The Morgan fingerprint density at radius 1 is 1.11 bits per heavy atom. The number of nitrogens with one attached hydrogen (secondary N) is 1. The van der Waals surface area contributed by atoms with Crippen LogP contribution in [0, 0.1) is 0 Å². The molecule has 2 rings (SSSR count). The second-order valence-electron chi connectivity index (χ2n) is 5.46. The molecule has 0 bridgehead atoms. The number of carbonyl (C=O) groups excluding carboxylic acids is 2. The van der Waals surface area contributed by atoms with E-state index in [0.717, 1.165) is 12.1 Å². The number of anilines is 1. The van der Waals surface area contributed by atoms with Gasteiger partial charge in [-0.15, -0.1) is 0 Å². The molecular formula is C18H15ClF3NO4. The molecule has 0 heterocycles. The lowest BCUT2D eigenvalue weighted by molar-refractivity contribution is -0.137. The average Bonchev–Trinajstić information content (AvgIpc) is 2.62. The maximum Gasteiger partial charge on any atom is 0.416 e. The summed E-state index contributed by atoms with van der Waals surface area (Å²) in [5, 5.41) is 2.15. The number of alkyl halides is 3. The maximum absolute atomic E-state index is 12.8. The van der Waals surface area contributed by atoms with Gasteiger partial charge in [0, 0.05) is 0 Å². The van der Waals surface area contributed by atoms with Crippen LogP contribution in [0.4, 0.5) is 18.9 Å². The molecule has 9 heteroatoms. The third-order valence-corrected chi connectivity index (χ3v) is 3.86. The molecule has 2 aromatic rings. The number of amides is 1. The monoisotopic (exact) mass is 401 g/mol. The molecule has 0 spiro atoms. The lowest BCUT2D eigenvalue weighted by Gasteiger charge is -2.15. The van der Waals surface area contributed by atoms with Gasteiger partial charge in [-0.25, -0.2) is 4.79 Å².